The maximum Gasteiger partial charge on any atom is 0.0410 e. The van der Waals surface area contributed by atoms with Crippen molar-refractivity contribution in [3.63, 3.8) is 0 Å². The molecule has 2 nitrogen and oxygen atoms in total. The summed E-state index contributed by atoms with van der Waals surface area (Å²) in [5.74, 6) is 0.575. The average molecular weight is 345 g/mol. The van der Waals surface area contributed by atoms with E-state index in [0.29, 0.717) is 5.92 Å². The Hall–Kier alpha value is -1.19. The number of nitrogens with zero attached hydrogens (tertiary/aromatic N) is 1. The molecule has 1 atom stereocenters. The van der Waals surface area contributed by atoms with Crippen LogP contribution in [-0.4, -0.2) is 17.6 Å². The first-order valence-electron chi connectivity index (χ1n) is 7.69. The second-order valence-electron chi connectivity index (χ2n) is 5.84. The van der Waals surface area contributed by atoms with Gasteiger partial charge in [-0.3, -0.25) is 4.98 Å². The van der Waals surface area contributed by atoms with Crippen LogP contribution in [0.5, 0.6) is 0 Å². The number of aryl methyl sites for hydroxylation is 1. The lowest BCUT2D eigenvalue weighted by molar-refractivity contribution is 0.548. The molecule has 110 valence electrons. The van der Waals surface area contributed by atoms with Crippen LogP contribution in [0, 0.1) is 0 Å². The molecule has 1 unspecified atom stereocenters. The first-order chi connectivity index (χ1) is 10.3. The summed E-state index contributed by atoms with van der Waals surface area (Å²) in [6, 6.07) is 13.8. The molecule has 1 aromatic heterocycles. The van der Waals surface area contributed by atoms with Gasteiger partial charge in [-0.25, -0.2) is 0 Å². The molecule has 21 heavy (non-hydrogen) atoms. The van der Waals surface area contributed by atoms with E-state index in [9.17, 15) is 0 Å². The molecular formula is C18H21BrN2. The normalized spacial score (nSPS) is 15.9. The number of pyridine rings is 1. The largest absolute Gasteiger partial charge is 0.313 e. The summed E-state index contributed by atoms with van der Waals surface area (Å²) >= 11 is 3.50. The molecule has 1 saturated carbocycles. The monoisotopic (exact) mass is 344 g/mol. The lowest BCUT2D eigenvalue weighted by Gasteiger charge is -2.18. The standard InChI is InChI=1S/C18H21BrN2/c19-17-10-14(11-20-13-17)6-7-16(12-21-18-8-9-18)15-4-2-1-3-5-15/h1-5,10-11,13,16,18,21H,6-9,12H2. The van der Waals surface area contributed by atoms with Crippen molar-refractivity contribution in [3.8, 4) is 0 Å². The highest BCUT2D eigenvalue weighted by molar-refractivity contribution is 9.10. The topological polar surface area (TPSA) is 24.9 Å². The van der Waals surface area contributed by atoms with Gasteiger partial charge in [0.2, 0.25) is 0 Å². The van der Waals surface area contributed by atoms with Crippen LogP contribution in [0.3, 0.4) is 0 Å². The van der Waals surface area contributed by atoms with E-state index >= 15 is 0 Å². The van der Waals surface area contributed by atoms with Crippen LogP contribution in [-0.2, 0) is 6.42 Å². The first-order valence-corrected chi connectivity index (χ1v) is 8.48. The number of halogens is 1. The van der Waals surface area contributed by atoms with Gasteiger partial charge in [-0.1, -0.05) is 30.3 Å². The van der Waals surface area contributed by atoms with E-state index in [-0.39, 0.29) is 0 Å². The lowest BCUT2D eigenvalue weighted by atomic mass is 9.92. The molecular weight excluding hydrogens is 324 g/mol. The summed E-state index contributed by atoms with van der Waals surface area (Å²) in [5.41, 5.74) is 2.74. The third-order valence-electron chi connectivity index (χ3n) is 4.04. The summed E-state index contributed by atoms with van der Waals surface area (Å²) in [7, 11) is 0. The predicted octanol–water partition coefficient (Wildman–Crippen LogP) is 4.31. The van der Waals surface area contributed by atoms with Gasteiger partial charge in [0.15, 0.2) is 0 Å². The van der Waals surface area contributed by atoms with E-state index in [2.05, 4.69) is 62.6 Å². The first kappa shape index (κ1) is 14.7. The molecule has 1 fully saturated rings. The van der Waals surface area contributed by atoms with E-state index in [1.807, 2.05) is 12.4 Å². The molecule has 1 heterocycles. The van der Waals surface area contributed by atoms with Gasteiger partial charge in [-0.05, 0) is 64.7 Å². The number of aromatic nitrogens is 1. The van der Waals surface area contributed by atoms with Crippen LogP contribution in [0.2, 0.25) is 0 Å². The van der Waals surface area contributed by atoms with Crippen LogP contribution in [0.25, 0.3) is 0 Å². The van der Waals surface area contributed by atoms with E-state index in [4.69, 9.17) is 0 Å². The quantitative estimate of drug-likeness (QED) is 0.809. The minimum absolute atomic E-state index is 0.575. The summed E-state index contributed by atoms with van der Waals surface area (Å²) in [6.07, 6.45) is 8.72. The summed E-state index contributed by atoms with van der Waals surface area (Å²) in [6.45, 7) is 1.08. The molecule has 0 saturated heterocycles. The second-order valence-corrected chi connectivity index (χ2v) is 6.76. The zero-order valence-corrected chi connectivity index (χ0v) is 13.7. The van der Waals surface area contributed by atoms with Crippen LogP contribution in [0.1, 0.15) is 36.3 Å². The Morgan fingerprint density at radius 3 is 2.71 bits per heavy atom. The van der Waals surface area contributed by atoms with Gasteiger partial charge in [0, 0.05) is 29.5 Å². The zero-order valence-electron chi connectivity index (χ0n) is 12.1. The van der Waals surface area contributed by atoms with Gasteiger partial charge >= 0.3 is 0 Å². The Balaban J connectivity index is 1.63. The van der Waals surface area contributed by atoms with Gasteiger partial charge in [-0.2, -0.15) is 0 Å². The molecule has 0 aliphatic heterocycles. The van der Waals surface area contributed by atoms with E-state index in [1.54, 1.807) is 0 Å². The van der Waals surface area contributed by atoms with Crippen LogP contribution >= 0.6 is 15.9 Å². The number of nitrogens with one attached hydrogen (secondary N) is 1. The lowest BCUT2D eigenvalue weighted by Crippen LogP contribution is -2.24. The second kappa shape index (κ2) is 7.19. The number of hydrogen-bond donors (Lipinski definition) is 1. The van der Waals surface area contributed by atoms with Gasteiger partial charge in [0.05, 0.1) is 0 Å². The van der Waals surface area contributed by atoms with Crippen molar-refractivity contribution in [1.82, 2.24) is 10.3 Å². The Morgan fingerprint density at radius 1 is 1.19 bits per heavy atom. The van der Waals surface area contributed by atoms with E-state index in [1.165, 1.54) is 24.0 Å². The van der Waals surface area contributed by atoms with Gasteiger partial charge < -0.3 is 5.32 Å². The minimum Gasteiger partial charge on any atom is -0.313 e. The van der Waals surface area contributed by atoms with Gasteiger partial charge in [-0.15, -0.1) is 0 Å². The van der Waals surface area contributed by atoms with E-state index < -0.39 is 0 Å². The van der Waals surface area contributed by atoms with Gasteiger partial charge in [0.1, 0.15) is 0 Å². The molecule has 3 heteroatoms. The number of benzene rings is 1. The van der Waals surface area contributed by atoms with Crippen molar-refractivity contribution in [1.29, 1.82) is 0 Å². The molecule has 0 spiro atoms. The molecule has 0 radical (unpaired) electrons. The maximum atomic E-state index is 4.26. The molecule has 1 aliphatic rings. The smallest absolute Gasteiger partial charge is 0.0410 e. The number of rotatable bonds is 7. The molecule has 1 N–H and O–H groups in total. The average Bonchev–Trinajstić information content (AvgIpc) is 3.32. The highest BCUT2D eigenvalue weighted by Crippen LogP contribution is 2.25. The van der Waals surface area contributed by atoms with Crippen LogP contribution in [0.4, 0.5) is 0 Å². The molecule has 2 aromatic rings. The third kappa shape index (κ3) is 4.65. The number of hydrogen-bond acceptors (Lipinski definition) is 2. The minimum atomic E-state index is 0.575. The Bertz CT molecular complexity index is 566. The summed E-state index contributed by atoms with van der Waals surface area (Å²) in [5, 5.41) is 3.68. The van der Waals surface area contributed by atoms with Crippen molar-refractivity contribution in [3.05, 3.63) is 64.4 Å². The Kier molecular flexibility index (Phi) is 5.04. The zero-order chi connectivity index (χ0) is 14.5. The van der Waals surface area contributed by atoms with Crippen molar-refractivity contribution < 1.29 is 0 Å². The molecule has 0 amide bonds. The Morgan fingerprint density at radius 2 is 2.00 bits per heavy atom. The molecule has 0 bridgehead atoms. The van der Waals surface area contributed by atoms with Gasteiger partial charge in [0.25, 0.3) is 0 Å². The van der Waals surface area contributed by atoms with Crippen molar-refractivity contribution in [2.75, 3.05) is 6.54 Å². The highest BCUT2D eigenvalue weighted by Gasteiger charge is 2.22. The maximum absolute atomic E-state index is 4.26. The molecule has 1 aromatic carbocycles. The van der Waals surface area contributed by atoms with E-state index in [0.717, 1.165) is 29.9 Å². The fourth-order valence-corrected chi connectivity index (χ4v) is 3.05. The van der Waals surface area contributed by atoms with Crippen molar-refractivity contribution in [2.45, 2.75) is 37.6 Å². The third-order valence-corrected chi connectivity index (χ3v) is 4.48. The van der Waals surface area contributed by atoms with Crippen molar-refractivity contribution >= 4 is 15.9 Å². The predicted molar refractivity (Wildman–Crippen MR) is 90.5 cm³/mol. The Labute approximate surface area is 135 Å². The SMILES string of the molecule is Brc1cncc(CCC(CNC2CC2)c2ccccc2)c1. The van der Waals surface area contributed by atoms with Crippen LogP contribution < -0.4 is 5.32 Å². The fourth-order valence-electron chi connectivity index (χ4n) is 2.64. The molecule has 3 rings (SSSR count). The van der Waals surface area contributed by atoms with Crippen molar-refractivity contribution in [2.24, 2.45) is 0 Å². The fraction of sp³-hybridized carbons (Fsp3) is 0.389. The summed E-state index contributed by atoms with van der Waals surface area (Å²) < 4.78 is 1.06. The summed E-state index contributed by atoms with van der Waals surface area (Å²) in [4.78, 5) is 4.26. The molecule has 1 aliphatic carbocycles. The highest BCUT2D eigenvalue weighted by atomic mass is 79.9. The van der Waals surface area contributed by atoms with Crippen LogP contribution in [0.15, 0.2) is 53.3 Å².